The first-order valence-electron chi connectivity index (χ1n) is 6.12. The standard InChI is InChI=1S/C12H23N/c1-2-10-5-6-12(9-10)13-8-7-11-3-4-11/h10-13H,2-9H2,1H3. The molecule has 13 heavy (non-hydrogen) atoms. The Bertz CT molecular complexity index is 151. The van der Waals surface area contributed by atoms with Gasteiger partial charge >= 0.3 is 0 Å². The monoisotopic (exact) mass is 181 g/mol. The van der Waals surface area contributed by atoms with Gasteiger partial charge in [-0.05, 0) is 44.1 Å². The Morgan fingerprint density at radius 1 is 1.08 bits per heavy atom. The Kier molecular flexibility index (Phi) is 3.26. The van der Waals surface area contributed by atoms with Gasteiger partial charge < -0.3 is 5.32 Å². The smallest absolute Gasteiger partial charge is 0.00698 e. The largest absolute Gasteiger partial charge is 0.314 e. The Labute approximate surface area is 82.3 Å². The Balaban J connectivity index is 1.54. The summed E-state index contributed by atoms with van der Waals surface area (Å²) in [7, 11) is 0. The molecule has 0 aromatic heterocycles. The van der Waals surface area contributed by atoms with E-state index >= 15 is 0 Å². The van der Waals surface area contributed by atoms with Crippen molar-refractivity contribution in [2.75, 3.05) is 6.54 Å². The molecule has 2 fully saturated rings. The molecule has 0 radical (unpaired) electrons. The summed E-state index contributed by atoms with van der Waals surface area (Å²) in [6.45, 7) is 3.61. The van der Waals surface area contributed by atoms with Gasteiger partial charge in [-0.2, -0.15) is 0 Å². The summed E-state index contributed by atoms with van der Waals surface area (Å²) in [5.74, 6) is 2.12. The van der Waals surface area contributed by atoms with E-state index in [2.05, 4.69) is 12.2 Å². The highest BCUT2D eigenvalue weighted by Gasteiger charge is 2.24. The van der Waals surface area contributed by atoms with Crippen LogP contribution in [0, 0.1) is 11.8 Å². The van der Waals surface area contributed by atoms with Crippen LogP contribution >= 0.6 is 0 Å². The zero-order chi connectivity index (χ0) is 9.10. The van der Waals surface area contributed by atoms with E-state index in [1.807, 2.05) is 0 Å². The van der Waals surface area contributed by atoms with Crippen LogP contribution in [0.25, 0.3) is 0 Å². The predicted octanol–water partition coefficient (Wildman–Crippen LogP) is 2.95. The lowest BCUT2D eigenvalue weighted by atomic mass is 10.1. The minimum atomic E-state index is 0.865. The van der Waals surface area contributed by atoms with Crippen molar-refractivity contribution < 1.29 is 0 Å². The fourth-order valence-electron chi connectivity index (χ4n) is 2.53. The first-order chi connectivity index (χ1) is 6.38. The van der Waals surface area contributed by atoms with Crippen molar-refractivity contribution in [2.45, 2.75) is 57.9 Å². The van der Waals surface area contributed by atoms with Crippen LogP contribution in [0.15, 0.2) is 0 Å². The van der Waals surface area contributed by atoms with Crippen molar-refractivity contribution in [3.8, 4) is 0 Å². The molecule has 0 amide bonds. The maximum atomic E-state index is 3.72. The third-order valence-electron chi connectivity index (χ3n) is 3.80. The van der Waals surface area contributed by atoms with Gasteiger partial charge in [0, 0.05) is 6.04 Å². The average Bonchev–Trinajstić information content (AvgIpc) is 2.84. The van der Waals surface area contributed by atoms with Crippen molar-refractivity contribution >= 4 is 0 Å². The maximum Gasteiger partial charge on any atom is 0.00698 e. The molecule has 0 heterocycles. The highest BCUT2D eigenvalue weighted by molar-refractivity contribution is 4.81. The van der Waals surface area contributed by atoms with Crippen molar-refractivity contribution in [1.82, 2.24) is 5.32 Å². The number of nitrogens with one attached hydrogen (secondary N) is 1. The second-order valence-corrected chi connectivity index (χ2v) is 4.97. The fourth-order valence-corrected chi connectivity index (χ4v) is 2.53. The molecule has 0 aromatic carbocycles. The van der Waals surface area contributed by atoms with Crippen LogP contribution in [0.2, 0.25) is 0 Å². The molecule has 0 aliphatic heterocycles. The summed E-state index contributed by atoms with van der Waals surface area (Å²) in [6.07, 6.45) is 10.2. The second kappa shape index (κ2) is 4.45. The minimum Gasteiger partial charge on any atom is -0.314 e. The molecule has 2 aliphatic carbocycles. The van der Waals surface area contributed by atoms with Crippen LogP contribution in [0.1, 0.15) is 51.9 Å². The number of hydrogen-bond donors (Lipinski definition) is 1. The van der Waals surface area contributed by atoms with E-state index in [0.29, 0.717) is 0 Å². The van der Waals surface area contributed by atoms with E-state index < -0.39 is 0 Å². The summed E-state index contributed by atoms with van der Waals surface area (Å²) in [5, 5.41) is 3.72. The topological polar surface area (TPSA) is 12.0 Å². The van der Waals surface area contributed by atoms with Crippen LogP contribution < -0.4 is 5.32 Å². The molecule has 1 N–H and O–H groups in total. The summed E-state index contributed by atoms with van der Waals surface area (Å²) in [5.41, 5.74) is 0. The second-order valence-electron chi connectivity index (χ2n) is 4.97. The van der Waals surface area contributed by atoms with Gasteiger partial charge in [0.15, 0.2) is 0 Å². The minimum absolute atomic E-state index is 0.865. The van der Waals surface area contributed by atoms with Gasteiger partial charge in [-0.3, -0.25) is 0 Å². The summed E-state index contributed by atoms with van der Waals surface area (Å²) < 4.78 is 0. The molecule has 0 aromatic rings. The van der Waals surface area contributed by atoms with Gasteiger partial charge in [-0.1, -0.05) is 26.2 Å². The third-order valence-corrected chi connectivity index (χ3v) is 3.80. The average molecular weight is 181 g/mol. The van der Waals surface area contributed by atoms with Crippen molar-refractivity contribution in [1.29, 1.82) is 0 Å². The molecule has 2 atom stereocenters. The Morgan fingerprint density at radius 3 is 2.46 bits per heavy atom. The van der Waals surface area contributed by atoms with E-state index in [-0.39, 0.29) is 0 Å². The van der Waals surface area contributed by atoms with Crippen LogP contribution in [0.5, 0.6) is 0 Å². The zero-order valence-electron chi connectivity index (χ0n) is 8.89. The molecule has 0 saturated heterocycles. The van der Waals surface area contributed by atoms with E-state index in [1.54, 1.807) is 0 Å². The normalized spacial score (nSPS) is 33.9. The van der Waals surface area contributed by atoms with Gasteiger partial charge in [-0.15, -0.1) is 0 Å². The van der Waals surface area contributed by atoms with E-state index in [1.165, 1.54) is 51.5 Å². The molecule has 1 nitrogen and oxygen atoms in total. The van der Waals surface area contributed by atoms with Crippen LogP contribution in [-0.2, 0) is 0 Å². The van der Waals surface area contributed by atoms with Gasteiger partial charge in [0.25, 0.3) is 0 Å². The number of hydrogen-bond acceptors (Lipinski definition) is 1. The van der Waals surface area contributed by atoms with E-state index in [9.17, 15) is 0 Å². The Hall–Kier alpha value is -0.0400. The van der Waals surface area contributed by atoms with Gasteiger partial charge in [0.2, 0.25) is 0 Å². The van der Waals surface area contributed by atoms with Crippen molar-refractivity contribution in [2.24, 2.45) is 11.8 Å². The lowest BCUT2D eigenvalue weighted by molar-refractivity contribution is 0.467. The third kappa shape index (κ3) is 2.98. The summed E-state index contributed by atoms with van der Waals surface area (Å²) >= 11 is 0. The molecule has 1 heteroatoms. The van der Waals surface area contributed by atoms with Crippen molar-refractivity contribution in [3.05, 3.63) is 0 Å². The molecule has 2 unspecified atom stereocenters. The fraction of sp³-hybridized carbons (Fsp3) is 1.00. The molecule has 2 aliphatic rings. The van der Waals surface area contributed by atoms with E-state index in [0.717, 1.165) is 17.9 Å². The van der Waals surface area contributed by atoms with Crippen LogP contribution in [0.4, 0.5) is 0 Å². The van der Waals surface area contributed by atoms with Crippen LogP contribution in [-0.4, -0.2) is 12.6 Å². The first kappa shape index (κ1) is 9.51. The highest BCUT2D eigenvalue weighted by atomic mass is 14.9. The molecule has 2 saturated carbocycles. The highest BCUT2D eigenvalue weighted by Crippen LogP contribution is 2.32. The van der Waals surface area contributed by atoms with Crippen LogP contribution in [0.3, 0.4) is 0 Å². The number of rotatable bonds is 5. The first-order valence-corrected chi connectivity index (χ1v) is 6.12. The molecule has 0 bridgehead atoms. The zero-order valence-corrected chi connectivity index (χ0v) is 8.89. The quantitative estimate of drug-likeness (QED) is 0.687. The van der Waals surface area contributed by atoms with Gasteiger partial charge in [-0.25, -0.2) is 0 Å². The molecule has 76 valence electrons. The summed E-state index contributed by atoms with van der Waals surface area (Å²) in [4.78, 5) is 0. The van der Waals surface area contributed by atoms with Gasteiger partial charge in [0.05, 0.1) is 0 Å². The molecular formula is C12H23N. The summed E-state index contributed by atoms with van der Waals surface area (Å²) in [6, 6.07) is 0.865. The maximum absolute atomic E-state index is 3.72. The lowest BCUT2D eigenvalue weighted by Crippen LogP contribution is -2.27. The van der Waals surface area contributed by atoms with Gasteiger partial charge in [0.1, 0.15) is 0 Å². The predicted molar refractivity (Wildman–Crippen MR) is 56.8 cm³/mol. The molecule has 0 spiro atoms. The van der Waals surface area contributed by atoms with Crippen molar-refractivity contribution in [3.63, 3.8) is 0 Å². The lowest BCUT2D eigenvalue weighted by Gasteiger charge is -2.12. The molecule has 2 rings (SSSR count). The van der Waals surface area contributed by atoms with E-state index in [4.69, 9.17) is 0 Å². The SMILES string of the molecule is CCC1CCC(NCCC2CC2)C1. The molecular weight excluding hydrogens is 158 g/mol. The Morgan fingerprint density at radius 2 is 1.85 bits per heavy atom.